The van der Waals surface area contributed by atoms with E-state index >= 15 is 0 Å². The zero-order chi connectivity index (χ0) is 16.5. The molecule has 2 aromatic carbocycles. The van der Waals surface area contributed by atoms with Crippen LogP contribution in [-0.4, -0.2) is 33.8 Å². The van der Waals surface area contributed by atoms with Crippen LogP contribution in [0.5, 0.6) is 11.5 Å². The highest BCUT2D eigenvalue weighted by atomic mass is 16.5. The van der Waals surface area contributed by atoms with Crippen molar-refractivity contribution in [1.29, 1.82) is 0 Å². The summed E-state index contributed by atoms with van der Waals surface area (Å²) in [7, 11) is 3.23. The minimum absolute atomic E-state index is 0.613. The lowest BCUT2D eigenvalue weighted by Gasteiger charge is -2.11. The van der Waals surface area contributed by atoms with Gasteiger partial charge in [-0.15, -0.1) is 10.2 Å². The van der Waals surface area contributed by atoms with E-state index in [0.717, 1.165) is 16.7 Å². The van der Waals surface area contributed by atoms with Crippen molar-refractivity contribution in [2.75, 3.05) is 19.5 Å². The van der Waals surface area contributed by atoms with Gasteiger partial charge in [0.05, 0.1) is 25.3 Å². The molecule has 24 heavy (non-hydrogen) atoms. The number of rotatable bonds is 4. The molecule has 0 aliphatic heterocycles. The first-order valence-electron chi connectivity index (χ1n) is 7.37. The Hall–Kier alpha value is -3.35. The molecule has 4 aromatic rings. The lowest BCUT2D eigenvalue weighted by atomic mass is 10.2. The van der Waals surface area contributed by atoms with E-state index in [1.807, 2.05) is 46.9 Å². The van der Waals surface area contributed by atoms with Crippen LogP contribution >= 0.6 is 0 Å². The molecule has 0 saturated heterocycles. The van der Waals surface area contributed by atoms with Gasteiger partial charge in [0, 0.05) is 23.9 Å². The van der Waals surface area contributed by atoms with E-state index in [4.69, 9.17) is 9.47 Å². The van der Waals surface area contributed by atoms with Gasteiger partial charge in [0.2, 0.25) is 5.65 Å². The summed E-state index contributed by atoms with van der Waals surface area (Å²) in [6, 6.07) is 13.4. The first-order chi connectivity index (χ1) is 11.8. The third-order valence-corrected chi connectivity index (χ3v) is 3.75. The van der Waals surface area contributed by atoms with Crippen LogP contribution < -0.4 is 14.8 Å². The SMILES string of the molecule is COc1cc(Nc2nc3ccccc3n3cnnc23)cc(OC)c1. The molecule has 0 aliphatic rings. The molecule has 4 rings (SSSR count). The number of anilines is 2. The molecule has 0 aliphatic carbocycles. The standard InChI is InChI=1S/C17H15N5O2/c1-23-12-7-11(8-13(9-12)24-2)19-16-17-21-18-10-22(17)15-6-4-3-5-14(15)20-16/h3-10H,1-2H3,(H,19,20). The molecule has 0 radical (unpaired) electrons. The van der Waals surface area contributed by atoms with Gasteiger partial charge >= 0.3 is 0 Å². The molecule has 0 atom stereocenters. The third kappa shape index (κ3) is 2.36. The summed E-state index contributed by atoms with van der Waals surface area (Å²) >= 11 is 0. The zero-order valence-corrected chi connectivity index (χ0v) is 13.2. The summed E-state index contributed by atoms with van der Waals surface area (Å²) in [4.78, 5) is 4.67. The molecule has 120 valence electrons. The number of nitrogens with zero attached hydrogens (tertiary/aromatic N) is 4. The summed E-state index contributed by atoms with van der Waals surface area (Å²) in [5.41, 5.74) is 3.24. The second kappa shape index (κ2) is 5.69. The maximum absolute atomic E-state index is 5.30. The van der Waals surface area contributed by atoms with Gasteiger partial charge in [0.25, 0.3) is 0 Å². The lowest BCUT2D eigenvalue weighted by Crippen LogP contribution is -2.00. The largest absolute Gasteiger partial charge is 0.497 e. The predicted octanol–water partition coefficient (Wildman–Crippen LogP) is 3.04. The quantitative estimate of drug-likeness (QED) is 0.623. The van der Waals surface area contributed by atoms with Crippen LogP contribution in [0.2, 0.25) is 0 Å². The van der Waals surface area contributed by atoms with E-state index in [-0.39, 0.29) is 0 Å². The van der Waals surface area contributed by atoms with E-state index < -0.39 is 0 Å². The first-order valence-corrected chi connectivity index (χ1v) is 7.37. The van der Waals surface area contributed by atoms with Crippen LogP contribution in [0.25, 0.3) is 16.7 Å². The van der Waals surface area contributed by atoms with Crippen LogP contribution in [-0.2, 0) is 0 Å². The molecule has 0 fully saturated rings. The first kappa shape index (κ1) is 14.3. The number of ether oxygens (including phenoxy) is 2. The van der Waals surface area contributed by atoms with Crippen LogP contribution in [0, 0.1) is 0 Å². The van der Waals surface area contributed by atoms with Crippen LogP contribution in [0.4, 0.5) is 11.5 Å². The molecule has 7 nitrogen and oxygen atoms in total. The fraction of sp³-hybridized carbons (Fsp3) is 0.118. The topological polar surface area (TPSA) is 73.6 Å². The second-order valence-electron chi connectivity index (χ2n) is 5.20. The monoisotopic (exact) mass is 321 g/mol. The van der Waals surface area contributed by atoms with Crippen molar-refractivity contribution in [1.82, 2.24) is 19.6 Å². The smallest absolute Gasteiger partial charge is 0.204 e. The van der Waals surface area contributed by atoms with Gasteiger partial charge < -0.3 is 14.8 Å². The van der Waals surface area contributed by atoms with Crippen LogP contribution in [0.1, 0.15) is 0 Å². The van der Waals surface area contributed by atoms with E-state index in [1.165, 1.54) is 0 Å². The predicted molar refractivity (Wildman–Crippen MR) is 91.1 cm³/mol. The minimum Gasteiger partial charge on any atom is -0.497 e. The van der Waals surface area contributed by atoms with Gasteiger partial charge in [-0.05, 0) is 12.1 Å². The van der Waals surface area contributed by atoms with Crippen molar-refractivity contribution in [3.05, 3.63) is 48.8 Å². The Balaban J connectivity index is 1.86. The summed E-state index contributed by atoms with van der Waals surface area (Å²) in [5.74, 6) is 1.99. The van der Waals surface area contributed by atoms with Gasteiger partial charge in [-0.3, -0.25) is 4.40 Å². The number of benzene rings is 2. The Morgan fingerprint density at radius 3 is 2.50 bits per heavy atom. The van der Waals surface area contributed by atoms with Gasteiger partial charge in [-0.1, -0.05) is 12.1 Å². The van der Waals surface area contributed by atoms with Gasteiger partial charge in [0.15, 0.2) is 5.82 Å². The minimum atomic E-state index is 0.613. The number of hydrogen-bond acceptors (Lipinski definition) is 6. The van der Waals surface area contributed by atoms with Gasteiger partial charge in [0.1, 0.15) is 17.8 Å². The second-order valence-corrected chi connectivity index (χ2v) is 5.20. The molecular formula is C17H15N5O2. The third-order valence-electron chi connectivity index (χ3n) is 3.75. The van der Waals surface area contributed by atoms with E-state index in [1.54, 1.807) is 20.5 Å². The van der Waals surface area contributed by atoms with Crippen LogP contribution in [0.3, 0.4) is 0 Å². The van der Waals surface area contributed by atoms with Crippen molar-refractivity contribution >= 4 is 28.2 Å². The maximum atomic E-state index is 5.30. The summed E-state index contributed by atoms with van der Waals surface area (Å²) in [6.07, 6.45) is 1.68. The Labute approximate surface area is 137 Å². The molecule has 0 amide bonds. The van der Waals surface area contributed by atoms with Gasteiger partial charge in [-0.25, -0.2) is 4.98 Å². The van der Waals surface area contributed by atoms with Crippen LogP contribution in [0.15, 0.2) is 48.8 Å². The molecule has 7 heteroatoms. The fourth-order valence-corrected chi connectivity index (χ4v) is 2.61. The fourth-order valence-electron chi connectivity index (χ4n) is 2.61. The number of nitrogens with one attached hydrogen (secondary N) is 1. The molecule has 0 saturated carbocycles. The molecule has 0 bridgehead atoms. The molecule has 0 spiro atoms. The van der Waals surface area contributed by atoms with E-state index in [0.29, 0.717) is 23.0 Å². The highest BCUT2D eigenvalue weighted by Crippen LogP contribution is 2.29. The zero-order valence-electron chi connectivity index (χ0n) is 13.2. The Morgan fingerprint density at radius 2 is 1.75 bits per heavy atom. The highest BCUT2D eigenvalue weighted by Gasteiger charge is 2.11. The number of methoxy groups -OCH3 is 2. The van der Waals surface area contributed by atoms with E-state index in [2.05, 4.69) is 20.5 Å². The molecule has 2 aromatic heterocycles. The lowest BCUT2D eigenvalue weighted by molar-refractivity contribution is 0.395. The van der Waals surface area contributed by atoms with Crippen molar-refractivity contribution < 1.29 is 9.47 Å². The normalized spacial score (nSPS) is 10.9. The summed E-state index contributed by atoms with van der Waals surface area (Å²) in [6.45, 7) is 0. The van der Waals surface area contributed by atoms with E-state index in [9.17, 15) is 0 Å². The van der Waals surface area contributed by atoms with Gasteiger partial charge in [-0.2, -0.15) is 0 Å². The van der Waals surface area contributed by atoms with Crippen molar-refractivity contribution in [2.45, 2.75) is 0 Å². The molecule has 2 heterocycles. The number of hydrogen-bond donors (Lipinski definition) is 1. The molecular weight excluding hydrogens is 306 g/mol. The van der Waals surface area contributed by atoms with Crippen molar-refractivity contribution in [3.63, 3.8) is 0 Å². The number of aromatic nitrogens is 4. The Bertz CT molecular complexity index is 1010. The highest BCUT2D eigenvalue weighted by molar-refractivity contribution is 5.84. The number of fused-ring (bicyclic) bond motifs is 3. The maximum Gasteiger partial charge on any atom is 0.204 e. The average Bonchev–Trinajstić information content (AvgIpc) is 3.12. The molecule has 1 N–H and O–H groups in total. The molecule has 0 unspecified atom stereocenters. The number of para-hydroxylation sites is 2. The Kier molecular flexibility index (Phi) is 3.38. The summed E-state index contributed by atoms with van der Waals surface area (Å²) in [5, 5.41) is 11.5. The Morgan fingerprint density at radius 1 is 1.00 bits per heavy atom. The van der Waals surface area contributed by atoms with Crippen molar-refractivity contribution in [2.24, 2.45) is 0 Å². The van der Waals surface area contributed by atoms with Crippen molar-refractivity contribution in [3.8, 4) is 11.5 Å². The summed E-state index contributed by atoms with van der Waals surface area (Å²) < 4.78 is 12.5. The average molecular weight is 321 g/mol.